The van der Waals surface area contributed by atoms with Gasteiger partial charge in [-0.15, -0.1) is 0 Å². The van der Waals surface area contributed by atoms with Crippen molar-refractivity contribution >= 4 is 17.1 Å². The Bertz CT molecular complexity index is 6100. The normalized spacial score (nSPS) is 18.8. The highest BCUT2D eigenvalue weighted by atomic mass is 19.2. The van der Waals surface area contributed by atoms with Gasteiger partial charge < -0.3 is 53.7 Å². The van der Waals surface area contributed by atoms with E-state index in [1.807, 2.05) is 19.2 Å². The van der Waals surface area contributed by atoms with Crippen LogP contribution in [0.4, 0.5) is 43.4 Å². The minimum absolute atomic E-state index is 0.205. The van der Waals surface area contributed by atoms with Crippen molar-refractivity contribution in [2.75, 3.05) is 54.9 Å². The number of para-hydroxylation sites is 5. The summed E-state index contributed by atoms with van der Waals surface area (Å²) < 4.78 is 103. The van der Waals surface area contributed by atoms with Gasteiger partial charge in [0.1, 0.15) is 100 Å². The van der Waals surface area contributed by atoms with Gasteiger partial charge in [-0.1, -0.05) is 54.6 Å². The van der Waals surface area contributed by atoms with E-state index in [9.17, 15) is 26.3 Å². The van der Waals surface area contributed by atoms with E-state index in [1.165, 1.54) is 97.5 Å². The standard InChI is InChI=1S/C21H24FN5O.C20H22F2N6.C20H23FN6.C18H19FN6.C18H18FN5O/c1-14-3-2-4-18(22)21(14)27-11-16(9-26-27)20-19(10-24-13-25-20)28-12-15-5-7-17(23)8-6-15;21-16-2-1-3-17(22)20(16)28-11-14(9-27-28)19-18(10-24-12-26-19)25-8-13-4-6-15(23)7-5-13;21-17-3-1-2-4-19(17)27-12-15(10-26-27)20-18(11-23-13-25-20)24-9-14-5-7-16(22)8-6-14;19-15-3-1-2-4-16(15)25-11-13(9-23-25)18-17(10-21-12-22-18)24-7-5-14(20)6-8-24;19-14-3-1-2-4-16(14)24-9-13(7-23-24)18-17(8-21-11-22-18)25-10-12-5-6-15(12)20/h2-4,9-11,13,15,17H,5-8,12,23H2,1H3;1-3,9-13,15,25H,4-8,23H2;1-4,10-14,16,24H,5-9,22H2;1-4,9-12,14H,5-8,20H2;1-4,7-9,11-12,15H,5-6,10,20H2/t;;;;12-,15-/m....1/s1. The van der Waals surface area contributed by atoms with E-state index in [0.717, 1.165) is 185 Å². The van der Waals surface area contributed by atoms with Gasteiger partial charge in [0.25, 0.3) is 0 Å². The van der Waals surface area contributed by atoms with Crippen LogP contribution >= 0.6 is 0 Å². The monoisotopic (exact) mass is 1810 g/mol. The number of hydrogen-bond donors (Lipinski definition) is 7. The highest BCUT2D eigenvalue weighted by molar-refractivity contribution is 5.76. The molecule has 133 heavy (non-hydrogen) atoms. The second-order valence-electron chi connectivity index (χ2n) is 34.0. The fourth-order valence-electron chi connectivity index (χ4n) is 16.8. The molecular formula is C97H106F6N28O2. The summed E-state index contributed by atoms with van der Waals surface area (Å²) in [5, 5.41) is 28.2. The quantitative estimate of drug-likeness (QED) is 0.0292. The first kappa shape index (κ1) is 92.2. The molecule has 15 aromatic rings. The number of nitrogens with one attached hydrogen (secondary N) is 2. The Morgan fingerprint density at radius 3 is 1.10 bits per heavy atom. The third kappa shape index (κ3) is 23.5. The zero-order chi connectivity index (χ0) is 92.1. The Morgan fingerprint density at radius 2 is 0.669 bits per heavy atom. The first-order valence-corrected chi connectivity index (χ1v) is 44.8. The number of nitrogens with zero attached hydrogens (tertiary/aromatic N) is 21. The Morgan fingerprint density at radius 1 is 0.323 bits per heavy atom. The van der Waals surface area contributed by atoms with E-state index < -0.39 is 11.6 Å². The Hall–Kier alpha value is -14.1. The fourth-order valence-corrected chi connectivity index (χ4v) is 16.8. The molecule has 688 valence electrons. The number of rotatable bonds is 23. The molecule has 12 N–H and O–H groups in total. The maximum atomic E-state index is 14.3. The number of aromatic nitrogens is 20. The second-order valence-corrected chi connectivity index (χ2v) is 34.0. The summed E-state index contributed by atoms with van der Waals surface area (Å²) in [7, 11) is 0. The molecule has 0 bridgehead atoms. The largest absolute Gasteiger partial charge is 0.489 e. The van der Waals surface area contributed by atoms with Gasteiger partial charge in [-0.2, -0.15) is 25.5 Å². The minimum atomic E-state index is -0.675. The van der Waals surface area contributed by atoms with Crippen molar-refractivity contribution in [1.29, 1.82) is 0 Å². The lowest BCUT2D eigenvalue weighted by atomic mass is 9.81. The summed E-state index contributed by atoms with van der Waals surface area (Å²) in [6.07, 6.45) is 49.9. The van der Waals surface area contributed by atoms with Crippen LogP contribution in [-0.2, 0) is 0 Å². The average molecular weight is 1810 g/mol. The number of hydrogen-bond acceptors (Lipinski definition) is 25. The van der Waals surface area contributed by atoms with Crippen LogP contribution < -0.4 is 53.7 Å². The molecule has 11 heterocycles. The zero-order valence-electron chi connectivity index (χ0n) is 73.6. The molecule has 1 aliphatic heterocycles. The summed E-state index contributed by atoms with van der Waals surface area (Å²) in [5.74, 6) is 0.593. The van der Waals surface area contributed by atoms with E-state index >= 15 is 0 Å². The molecule has 0 spiro atoms. The van der Waals surface area contributed by atoms with E-state index in [-0.39, 0.29) is 41.0 Å². The van der Waals surface area contributed by atoms with Crippen molar-refractivity contribution in [1.82, 2.24) is 98.7 Å². The summed E-state index contributed by atoms with van der Waals surface area (Å²) in [6, 6.07) is 29.7. The van der Waals surface area contributed by atoms with Gasteiger partial charge in [-0.05, 0) is 188 Å². The zero-order valence-corrected chi connectivity index (χ0v) is 73.6. The van der Waals surface area contributed by atoms with E-state index in [2.05, 4.69) is 90.9 Å². The van der Waals surface area contributed by atoms with Gasteiger partial charge in [-0.3, -0.25) is 0 Å². The van der Waals surface area contributed by atoms with Crippen molar-refractivity contribution in [3.05, 3.63) is 274 Å². The number of halogens is 6. The van der Waals surface area contributed by atoms with Crippen LogP contribution in [0.25, 0.3) is 84.7 Å². The summed E-state index contributed by atoms with van der Waals surface area (Å²) in [6.45, 7) is 6.45. The summed E-state index contributed by atoms with van der Waals surface area (Å²) in [5.41, 5.74) is 42.0. The lowest BCUT2D eigenvalue weighted by molar-refractivity contribution is 0.153. The average Bonchev–Trinajstić information content (AvgIpc) is 1.40. The van der Waals surface area contributed by atoms with Crippen LogP contribution in [-0.4, -0.2) is 168 Å². The molecule has 30 nitrogen and oxygen atoms in total. The first-order chi connectivity index (χ1) is 64.9. The van der Waals surface area contributed by atoms with Gasteiger partial charge in [-0.25, -0.2) is 99.6 Å². The van der Waals surface area contributed by atoms with Crippen molar-refractivity contribution in [2.45, 2.75) is 140 Å². The lowest BCUT2D eigenvalue weighted by Crippen LogP contribution is -2.42. The molecule has 10 aromatic heterocycles. The molecule has 1 saturated heterocycles. The molecule has 5 fully saturated rings. The topological polar surface area (TPSA) is 394 Å². The smallest absolute Gasteiger partial charge is 0.163 e. The van der Waals surface area contributed by atoms with Crippen molar-refractivity contribution < 1.29 is 35.8 Å². The van der Waals surface area contributed by atoms with Crippen LogP contribution in [0.2, 0.25) is 0 Å². The van der Waals surface area contributed by atoms with E-state index in [0.29, 0.717) is 112 Å². The SMILES string of the molecule is Cc1cccc(F)c1-n1cc(-c2ncncc2OCC2CCC(N)CC2)cn1.NC1CCC(CNc2cncnc2-c2cnn(-c3c(F)cccc3F)c2)CC1.NC1CCC(CNc2cncnc2-c2cnn(-c3ccccc3F)c2)CC1.NC1CCN(c2cncnc2-c2cnn(-c3ccccc3F)c2)CC1.N[C@@H]1CC[C@@H]1COc1cncnc1-c1cnn(-c2ccccc2F)c1. The molecule has 4 saturated carbocycles. The number of benzene rings is 5. The molecule has 4 aliphatic carbocycles. The van der Waals surface area contributed by atoms with Crippen molar-refractivity contribution in [2.24, 2.45) is 52.3 Å². The van der Waals surface area contributed by atoms with Crippen LogP contribution in [0, 0.1) is 65.5 Å². The molecule has 2 atom stereocenters. The molecule has 20 rings (SSSR count). The van der Waals surface area contributed by atoms with Crippen LogP contribution in [0.15, 0.2) is 234 Å². The van der Waals surface area contributed by atoms with Gasteiger partial charge in [0.05, 0.1) is 104 Å². The van der Waals surface area contributed by atoms with Gasteiger partial charge in [0.2, 0.25) is 0 Å². The fraction of sp³-hybridized carbons (Fsp3) is 0.330. The summed E-state index contributed by atoms with van der Waals surface area (Å²) >= 11 is 0. The van der Waals surface area contributed by atoms with Gasteiger partial charge in [0.15, 0.2) is 23.1 Å². The molecule has 0 unspecified atom stereocenters. The van der Waals surface area contributed by atoms with E-state index in [4.69, 9.17) is 38.1 Å². The maximum absolute atomic E-state index is 14.3. The van der Waals surface area contributed by atoms with Crippen LogP contribution in [0.5, 0.6) is 11.5 Å². The molecule has 5 aromatic carbocycles. The van der Waals surface area contributed by atoms with E-state index in [1.54, 1.807) is 147 Å². The van der Waals surface area contributed by atoms with Crippen LogP contribution in [0.1, 0.15) is 108 Å². The summed E-state index contributed by atoms with van der Waals surface area (Å²) in [4.78, 5) is 44.7. The molecule has 5 aliphatic rings. The third-order valence-corrected chi connectivity index (χ3v) is 24.8. The number of nitrogens with two attached hydrogens (primary N) is 5. The Kier molecular flexibility index (Phi) is 30.7. The predicted molar refractivity (Wildman–Crippen MR) is 495 cm³/mol. The molecule has 0 amide bonds. The van der Waals surface area contributed by atoms with Gasteiger partial charge >= 0.3 is 0 Å². The van der Waals surface area contributed by atoms with Gasteiger partial charge in [0, 0.05) is 121 Å². The molecular weight excluding hydrogens is 1700 g/mol. The highest BCUT2D eigenvalue weighted by Gasteiger charge is 2.30. The second kappa shape index (κ2) is 44.2. The lowest BCUT2D eigenvalue weighted by Gasteiger charge is -2.33. The maximum Gasteiger partial charge on any atom is 0.163 e. The number of anilines is 3. The number of piperidine rings is 1. The molecule has 36 heteroatoms. The number of aryl methyl sites for hydroxylation is 1. The highest BCUT2D eigenvalue weighted by Crippen LogP contribution is 2.38. The third-order valence-electron chi connectivity index (χ3n) is 24.8. The first-order valence-electron chi connectivity index (χ1n) is 44.8. The van der Waals surface area contributed by atoms with Crippen molar-refractivity contribution in [3.63, 3.8) is 0 Å². The predicted octanol–water partition coefficient (Wildman–Crippen LogP) is 15.6. The minimum Gasteiger partial charge on any atom is -0.489 e. The Labute approximate surface area is 765 Å². The Balaban J connectivity index is 0.000000121. The van der Waals surface area contributed by atoms with Crippen molar-refractivity contribution in [3.8, 4) is 96.2 Å². The van der Waals surface area contributed by atoms with Crippen LogP contribution in [0.3, 0.4) is 0 Å². The molecule has 0 radical (unpaired) electrons. The number of ether oxygens (including phenoxy) is 2.